The van der Waals surface area contributed by atoms with E-state index < -0.39 is 24.8 Å². The van der Waals surface area contributed by atoms with Crippen LogP contribution in [0.2, 0.25) is 0 Å². The van der Waals surface area contributed by atoms with Gasteiger partial charge in [0.15, 0.2) is 6.61 Å². The fourth-order valence-electron chi connectivity index (χ4n) is 1.69. The van der Waals surface area contributed by atoms with Gasteiger partial charge in [0.2, 0.25) is 5.91 Å². The number of carbonyl (C=O) groups excluding carboxylic acids is 1. The second-order valence-electron chi connectivity index (χ2n) is 5.40. The van der Waals surface area contributed by atoms with Crippen molar-refractivity contribution >= 4 is 11.6 Å². The third-order valence-corrected chi connectivity index (χ3v) is 3.11. The lowest BCUT2D eigenvalue weighted by molar-refractivity contribution is -0.153. The zero-order chi connectivity index (χ0) is 16.9. The minimum absolute atomic E-state index is 0.0551. The molecular weight excluding hydrogens is 299 g/mol. The predicted molar refractivity (Wildman–Crippen MR) is 76.8 cm³/mol. The number of hydrogen-bond acceptors (Lipinski definition) is 3. The third kappa shape index (κ3) is 5.93. The first-order chi connectivity index (χ1) is 10.1. The second kappa shape index (κ2) is 7.49. The SMILES string of the molecule is Cc1c(NC(=O)CC(O)C(C)C)cccc1OCC(F)(F)F. The first kappa shape index (κ1) is 18.3. The highest BCUT2D eigenvalue weighted by Crippen LogP contribution is 2.27. The number of halogens is 3. The zero-order valence-electron chi connectivity index (χ0n) is 12.7. The van der Waals surface area contributed by atoms with Gasteiger partial charge in [-0.1, -0.05) is 19.9 Å². The quantitative estimate of drug-likeness (QED) is 0.846. The van der Waals surface area contributed by atoms with Crippen molar-refractivity contribution in [2.45, 2.75) is 39.5 Å². The molecule has 0 saturated heterocycles. The Bertz CT molecular complexity index is 515. The Morgan fingerprint density at radius 3 is 2.55 bits per heavy atom. The molecular formula is C15H20F3NO3. The molecule has 1 rings (SSSR count). The van der Waals surface area contributed by atoms with Crippen LogP contribution in [-0.2, 0) is 4.79 Å². The van der Waals surface area contributed by atoms with Crippen LogP contribution in [-0.4, -0.2) is 29.9 Å². The Morgan fingerprint density at radius 1 is 1.36 bits per heavy atom. The summed E-state index contributed by atoms with van der Waals surface area (Å²) in [6, 6.07) is 4.46. The first-order valence-corrected chi connectivity index (χ1v) is 6.87. The van der Waals surface area contributed by atoms with Crippen molar-refractivity contribution in [2.24, 2.45) is 5.92 Å². The molecule has 0 aliphatic carbocycles. The van der Waals surface area contributed by atoms with Crippen LogP contribution < -0.4 is 10.1 Å². The molecule has 124 valence electrons. The Balaban J connectivity index is 2.74. The fraction of sp³-hybridized carbons (Fsp3) is 0.533. The number of rotatable bonds is 6. The molecule has 4 nitrogen and oxygen atoms in total. The van der Waals surface area contributed by atoms with E-state index in [9.17, 15) is 23.1 Å². The van der Waals surface area contributed by atoms with E-state index in [2.05, 4.69) is 5.32 Å². The maximum atomic E-state index is 12.2. The number of amides is 1. The predicted octanol–water partition coefficient (Wildman–Crippen LogP) is 3.28. The first-order valence-electron chi connectivity index (χ1n) is 6.87. The van der Waals surface area contributed by atoms with E-state index >= 15 is 0 Å². The molecule has 1 atom stereocenters. The minimum atomic E-state index is -4.42. The molecule has 0 radical (unpaired) electrons. The topological polar surface area (TPSA) is 58.6 Å². The molecule has 1 amide bonds. The summed E-state index contributed by atoms with van der Waals surface area (Å²) in [4.78, 5) is 11.8. The summed E-state index contributed by atoms with van der Waals surface area (Å²) in [5.41, 5.74) is 0.764. The smallest absolute Gasteiger partial charge is 0.422 e. The van der Waals surface area contributed by atoms with Crippen molar-refractivity contribution in [1.29, 1.82) is 0 Å². The van der Waals surface area contributed by atoms with Crippen molar-refractivity contribution in [3.63, 3.8) is 0 Å². The van der Waals surface area contributed by atoms with Crippen LogP contribution >= 0.6 is 0 Å². The lowest BCUT2D eigenvalue weighted by atomic mass is 10.0. The van der Waals surface area contributed by atoms with Gasteiger partial charge in [-0.25, -0.2) is 0 Å². The van der Waals surface area contributed by atoms with Gasteiger partial charge in [-0.05, 0) is 25.0 Å². The van der Waals surface area contributed by atoms with Crippen molar-refractivity contribution in [3.8, 4) is 5.75 Å². The highest BCUT2D eigenvalue weighted by Gasteiger charge is 2.28. The maximum absolute atomic E-state index is 12.2. The van der Waals surface area contributed by atoms with Crippen LogP contribution in [0.3, 0.4) is 0 Å². The average molecular weight is 319 g/mol. The van der Waals surface area contributed by atoms with Crippen LogP contribution in [0.4, 0.5) is 18.9 Å². The highest BCUT2D eigenvalue weighted by molar-refractivity contribution is 5.92. The van der Waals surface area contributed by atoms with Crippen molar-refractivity contribution < 1.29 is 27.8 Å². The van der Waals surface area contributed by atoms with Gasteiger partial charge in [0.1, 0.15) is 5.75 Å². The highest BCUT2D eigenvalue weighted by atomic mass is 19.4. The summed E-state index contributed by atoms with van der Waals surface area (Å²) in [7, 11) is 0. The van der Waals surface area contributed by atoms with Gasteiger partial charge in [0.05, 0.1) is 12.5 Å². The molecule has 7 heteroatoms. The number of hydrogen-bond donors (Lipinski definition) is 2. The van der Waals surface area contributed by atoms with Crippen LogP contribution in [0.5, 0.6) is 5.75 Å². The number of aliphatic hydroxyl groups excluding tert-OH is 1. The van der Waals surface area contributed by atoms with E-state index in [0.717, 1.165) is 0 Å². The van der Waals surface area contributed by atoms with Crippen LogP contribution in [0, 0.1) is 12.8 Å². The van der Waals surface area contributed by atoms with Crippen LogP contribution in [0.1, 0.15) is 25.8 Å². The number of nitrogens with one attached hydrogen (secondary N) is 1. The summed E-state index contributed by atoms with van der Waals surface area (Å²) in [6.45, 7) is 3.74. The van der Waals surface area contributed by atoms with Crippen LogP contribution in [0.25, 0.3) is 0 Å². The molecule has 0 aliphatic heterocycles. The van der Waals surface area contributed by atoms with Crippen LogP contribution in [0.15, 0.2) is 18.2 Å². The molecule has 0 heterocycles. The lowest BCUT2D eigenvalue weighted by Gasteiger charge is -2.16. The van der Waals surface area contributed by atoms with Gasteiger partial charge in [0, 0.05) is 11.3 Å². The number of anilines is 1. The van der Waals surface area contributed by atoms with Gasteiger partial charge in [0.25, 0.3) is 0 Å². The number of benzene rings is 1. The Morgan fingerprint density at radius 2 is 2.00 bits per heavy atom. The Hall–Kier alpha value is -1.76. The normalized spacial score (nSPS) is 13.1. The Labute approximate surface area is 127 Å². The van der Waals surface area contributed by atoms with Gasteiger partial charge < -0.3 is 15.2 Å². The van der Waals surface area contributed by atoms with Crippen molar-refractivity contribution in [1.82, 2.24) is 0 Å². The maximum Gasteiger partial charge on any atom is 0.422 e. The van der Waals surface area contributed by atoms with E-state index in [-0.39, 0.29) is 18.1 Å². The molecule has 0 saturated carbocycles. The molecule has 1 aromatic rings. The van der Waals surface area contributed by atoms with E-state index in [0.29, 0.717) is 11.3 Å². The van der Waals surface area contributed by atoms with Gasteiger partial charge in [-0.15, -0.1) is 0 Å². The van der Waals surface area contributed by atoms with Gasteiger partial charge in [-0.2, -0.15) is 13.2 Å². The molecule has 1 aromatic carbocycles. The molecule has 0 spiro atoms. The van der Waals surface area contributed by atoms with E-state index in [4.69, 9.17) is 4.74 Å². The van der Waals surface area contributed by atoms with Gasteiger partial charge >= 0.3 is 6.18 Å². The largest absolute Gasteiger partial charge is 0.484 e. The third-order valence-electron chi connectivity index (χ3n) is 3.11. The summed E-state index contributed by atoms with van der Waals surface area (Å²) in [5, 5.41) is 12.2. The summed E-state index contributed by atoms with van der Waals surface area (Å²) < 4.78 is 41.3. The van der Waals surface area contributed by atoms with E-state index in [1.54, 1.807) is 26.8 Å². The molecule has 0 fully saturated rings. The average Bonchev–Trinajstić information content (AvgIpc) is 2.38. The monoisotopic (exact) mass is 319 g/mol. The van der Waals surface area contributed by atoms with E-state index in [1.807, 2.05) is 0 Å². The molecule has 1 unspecified atom stereocenters. The Kier molecular flexibility index (Phi) is 6.22. The number of ether oxygens (including phenoxy) is 1. The summed E-state index contributed by atoms with van der Waals surface area (Å²) in [6.07, 6.45) is -5.28. The zero-order valence-corrected chi connectivity index (χ0v) is 12.7. The lowest BCUT2D eigenvalue weighted by Crippen LogP contribution is -2.24. The summed E-state index contributed by atoms with van der Waals surface area (Å²) in [5.74, 6) is -0.412. The molecule has 0 bridgehead atoms. The van der Waals surface area contributed by atoms with E-state index in [1.165, 1.54) is 12.1 Å². The number of aliphatic hydroxyl groups is 1. The van der Waals surface area contributed by atoms with Gasteiger partial charge in [-0.3, -0.25) is 4.79 Å². The van der Waals surface area contributed by atoms with Crippen molar-refractivity contribution in [3.05, 3.63) is 23.8 Å². The number of alkyl halides is 3. The number of carbonyl (C=O) groups is 1. The molecule has 0 aliphatic rings. The second-order valence-corrected chi connectivity index (χ2v) is 5.40. The van der Waals surface area contributed by atoms with Crippen molar-refractivity contribution in [2.75, 3.05) is 11.9 Å². The molecule has 0 aromatic heterocycles. The fourth-order valence-corrected chi connectivity index (χ4v) is 1.69. The molecule has 22 heavy (non-hydrogen) atoms. The minimum Gasteiger partial charge on any atom is -0.484 e. The standard InChI is InChI=1S/C15H20F3NO3/c1-9(2)12(20)7-14(21)19-11-5-4-6-13(10(11)3)22-8-15(16,17)18/h4-6,9,12,20H,7-8H2,1-3H3,(H,19,21). The summed E-state index contributed by atoms with van der Waals surface area (Å²) >= 11 is 0. The molecule has 2 N–H and O–H groups in total.